The van der Waals surface area contributed by atoms with Gasteiger partial charge in [0.05, 0.1) is 0 Å². The molecule has 0 heterocycles. The van der Waals surface area contributed by atoms with Crippen LogP contribution in [0.3, 0.4) is 0 Å². The number of amides is 1. The molecule has 4 nitrogen and oxygen atoms in total. The Labute approximate surface area is 228 Å². The maximum atomic E-state index is 13.4. The first-order chi connectivity index (χ1) is 18.7. The number of nitrogens with one attached hydrogen (secondary N) is 1. The Hall–Kier alpha value is -3.21. The number of rotatable bonds is 13. The quantitative estimate of drug-likeness (QED) is 0.251. The van der Waals surface area contributed by atoms with E-state index in [1.807, 2.05) is 36.4 Å². The molecule has 1 aliphatic rings. The van der Waals surface area contributed by atoms with Crippen molar-refractivity contribution in [2.45, 2.75) is 70.0 Å². The number of hydrogen-bond acceptors (Lipinski definition) is 3. The third-order valence-electron chi connectivity index (χ3n) is 7.60. The molecular formula is C34H42N2O2. The lowest BCUT2D eigenvalue weighted by atomic mass is 9.81. The summed E-state index contributed by atoms with van der Waals surface area (Å²) in [4.78, 5) is 15.6. The first kappa shape index (κ1) is 27.8. The number of carbonyl (C=O) groups is 1. The van der Waals surface area contributed by atoms with E-state index in [0.29, 0.717) is 18.9 Å². The van der Waals surface area contributed by atoms with Crippen LogP contribution in [0, 0.1) is 0 Å². The minimum absolute atomic E-state index is 0.209. The van der Waals surface area contributed by atoms with Crippen LogP contribution in [0.5, 0.6) is 0 Å². The van der Waals surface area contributed by atoms with Crippen molar-refractivity contribution < 1.29 is 9.90 Å². The molecule has 3 aromatic rings. The standard InChI is InChI=1S/C34H42N2O2/c37-25-8-7-24-35-26-29-16-18-31(19-17-29)32-20-22-33(23-21-32)36(27-30-12-5-2-6-13-30)34(38)15-9-14-28-10-3-1-4-11-28/h1-6,9-14,16-19,32-33,35,37H,7-8,15,20-27H2/b14-9+. The van der Waals surface area contributed by atoms with E-state index in [1.165, 1.54) is 16.7 Å². The maximum Gasteiger partial charge on any atom is 0.226 e. The third-order valence-corrected chi connectivity index (χ3v) is 7.60. The lowest BCUT2D eigenvalue weighted by Crippen LogP contribution is -2.41. The summed E-state index contributed by atoms with van der Waals surface area (Å²) < 4.78 is 0. The van der Waals surface area contributed by atoms with Crippen molar-refractivity contribution in [3.05, 3.63) is 113 Å². The van der Waals surface area contributed by atoms with Crippen molar-refractivity contribution in [1.82, 2.24) is 10.2 Å². The fraction of sp³-hybridized carbons (Fsp3) is 0.382. The fourth-order valence-electron chi connectivity index (χ4n) is 5.40. The Balaban J connectivity index is 1.33. The summed E-state index contributed by atoms with van der Waals surface area (Å²) in [5.74, 6) is 0.768. The van der Waals surface area contributed by atoms with Crippen LogP contribution in [0.1, 0.15) is 73.1 Å². The van der Waals surface area contributed by atoms with E-state index < -0.39 is 0 Å². The summed E-state index contributed by atoms with van der Waals surface area (Å²) >= 11 is 0. The normalized spacial score (nSPS) is 17.5. The first-order valence-electron chi connectivity index (χ1n) is 14.2. The predicted octanol–water partition coefficient (Wildman–Crippen LogP) is 6.71. The predicted molar refractivity (Wildman–Crippen MR) is 157 cm³/mol. The van der Waals surface area contributed by atoms with Gasteiger partial charge in [0.25, 0.3) is 0 Å². The molecule has 4 heteroatoms. The number of nitrogens with zero attached hydrogens (tertiary/aromatic N) is 1. The fourth-order valence-corrected chi connectivity index (χ4v) is 5.40. The zero-order chi connectivity index (χ0) is 26.4. The van der Waals surface area contributed by atoms with Crippen LogP contribution in [0.2, 0.25) is 0 Å². The average molecular weight is 511 g/mol. The smallest absolute Gasteiger partial charge is 0.226 e. The second kappa shape index (κ2) is 15.3. The number of unbranched alkanes of at least 4 members (excludes halogenated alkanes) is 1. The van der Waals surface area contributed by atoms with E-state index >= 15 is 0 Å². The maximum absolute atomic E-state index is 13.4. The van der Waals surface area contributed by atoms with Crippen LogP contribution >= 0.6 is 0 Å². The number of aliphatic hydroxyl groups is 1. The van der Waals surface area contributed by atoms with E-state index in [-0.39, 0.29) is 18.6 Å². The van der Waals surface area contributed by atoms with E-state index in [2.05, 4.69) is 70.9 Å². The van der Waals surface area contributed by atoms with Crippen LogP contribution in [0.25, 0.3) is 6.08 Å². The Morgan fingerprint density at radius 3 is 2.21 bits per heavy atom. The summed E-state index contributed by atoms with van der Waals surface area (Å²) in [5.41, 5.74) is 5.03. The van der Waals surface area contributed by atoms with Gasteiger partial charge in [-0.3, -0.25) is 4.79 Å². The Bertz CT molecular complexity index is 1100. The minimum atomic E-state index is 0.209. The highest BCUT2D eigenvalue weighted by Crippen LogP contribution is 2.35. The van der Waals surface area contributed by atoms with Gasteiger partial charge < -0.3 is 15.3 Å². The highest BCUT2D eigenvalue weighted by Gasteiger charge is 2.29. The zero-order valence-corrected chi connectivity index (χ0v) is 22.5. The average Bonchev–Trinajstić information content (AvgIpc) is 2.97. The topological polar surface area (TPSA) is 52.6 Å². The Morgan fingerprint density at radius 2 is 1.53 bits per heavy atom. The van der Waals surface area contributed by atoms with Gasteiger partial charge >= 0.3 is 0 Å². The molecule has 1 saturated carbocycles. The van der Waals surface area contributed by atoms with Crippen molar-refractivity contribution in [3.63, 3.8) is 0 Å². The van der Waals surface area contributed by atoms with Gasteiger partial charge in [-0.25, -0.2) is 0 Å². The monoisotopic (exact) mass is 510 g/mol. The Kier molecular flexibility index (Phi) is 11.2. The molecule has 0 radical (unpaired) electrons. The van der Waals surface area contributed by atoms with E-state index in [0.717, 1.165) is 57.2 Å². The first-order valence-corrected chi connectivity index (χ1v) is 14.2. The second-order valence-electron chi connectivity index (χ2n) is 10.4. The van der Waals surface area contributed by atoms with Gasteiger partial charge in [0, 0.05) is 32.2 Å². The van der Waals surface area contributed by atoms with Crippen LogP contribution in [-0.2, 0) is 17.9 Å². The van der Waals surface area contributed by atoms with E-state index in [9.17, 15) is 4.79 Å². The van der Waals surface area contributed by atoms with Crippen LogP contribution in [0.15, 0.2) is 91.0 Å². The second-order valence-corrected chi connectivity index (χ2v) is 10.4. The largest absolute Gasteiger partial charge is 0.396 e. The minimum Gasteiger partial charge on any atom is -0.396 e. The lowest BCUT2D eigenvalue weighted by Gasteiger charge is -2.37. The molecule has 0 spiro atoms. The molecule has 3 aromatic carbocycles. The Morgan fingerprint density at radius 1 is 0.842 bits per heavy atom. The molecule has 1 amide bonds. The number of hydrogen-bond donors (Lipinski definition) is 2. The number of carbonyl (C=O) groups excluding carboxylic acids is 1. The molecule has 0 aliphatic heterocycles. The summed E-state index contributed by atoms with van der Waals surface area (Å²) in [6, 6.07) is 29.9. The highest BCUT2D eigenvalue weighted by molar-refractivity contribution is 5.79. The van der Waals surface area contributed by atoms with Crippen LogP contribution in [0.4, 0.5) is 0 Å². The summed E-state index contributed by atoms with van der Waals surface area (Å²) in [6.45, 7) is 2.75. The van der Waals surface area contributed by atoms with E-state index in [4.69, 9.17) is 5.11 Å². The van der Waals surface area contributed by atoms with Gasteiger partial charge in [0.2, 0.25) is 5.91 Å². The molecule has 1 aliphatic carbocycles. The van der Waals surface area contributed by atoms with Gasteiger partial charge in [-0.05, 0) is 73.2 Å². The molecular weight excluding hydrogens is 468 g/mol. The van der Waals surface area contributed by atoms with Crippen LogP contribution in [-0.4, -0.2) is 35.1 Å². The van der Waals surface area contributed by atoms with Gasteiger partial charge in [0.15, 0.2) is 0 Å². The molecule has 1 fully saturated rings. The molecule has 0 aromatic heterocycles. The molecule has 0 atom stereocenters. The van der Waals surface area contributed by atoms with Gasteiger partial charge in [0.1, 0.15) is 0 Å². The highest BCUT2D eigenvalue weighted by atomic mass is 16.2. The lowest BCUT2D eigenvalue weighted by molar-refractivity contribution is -0.134. The summed E-state index contributed by atoms with van der Waals surface area (Å²) in [6.07, 6.45) is 10.6. The van der Waals surface area contributed by atoms with Crippen molar-refractivity contribution >= 4 is 12.0 Å². The SMILES string of the molecule is O=C(C/C=C/c1ccccc1)N(Cc1ccccc1)C1CCC(c2ccc(CNCCCCO)cc2)CC1. The molecule has 38 heavy (non-hydrogen) atoms. The van der Waals surface area contributed by atoms with Crippen molar-refractivity contribution in [2.24, 2.45) is 0 Å². The van der Waals surface area contributed by atoms with Gasteiger partial charge in [-0.15, -0.1) is 0 Å². The van der Waals surface area contributed by atoms with Crippen molar-refractivity contribution in [1.29, 1.82) is 0 Å². The summed E-state index contributed by atoms with van der Waals surface area (Å²) in [7, 11) is 0. The zero-order valence-electron chi connectivity index (χ0n) is 22.5. The number of benzene rings is 3. The molecule has 4 rings (SSSR count). The van der Waals surface area contributed by atoms with Gasteiger partial charge in [-0.2, -0.15) is 0 Å². The summed E-state index contributed by atoms with van der Waals surface area (Å²) in [5, 5.41) is 12.4. The van der Waals surface area contributed by atoms with E-state index in [1.54, 1.807) is 0 Å². The van der Waals surface area contributed by atoms with Crippen molar-refractivity contribution in [2.75, 3.05) is 13.2 Å². The molecule has 2 N–H and O–H groups in total. The van der Waals surface area contributed by atoms with Crippen LogP contribution < -0.4 is 5.32 Å². The third kappa shape index (κ3) is 8.68. The molecule has 0 saturated heterocycles. The molecule has 0 bridgehead atoms. The number of aliphatic hydroxyl groups excluding tert-OH is 1. The van der Waals surface area contributed by atoms with Gasteiger partial charge in [-0.1, -0.05) is 97.1 Å². The van der Waals surface area contributed by atoms with Crippen molar-refractivity contribution in [3.8, 4) is 0 Å². The molecule has 0 unspecified atom stereocenters. The molecule has 200 valence electrons.